The van der Waals surface area contributed by atoms with Crippen LogP contribution in [0, 0.1) is 5.92 Å². The minimum Gasteiger partial charge on any atom is -0.355 e. The summed E-state index contributed by atoms with van der Waals surface area (Å²) in [5.74, 6) is 2.40. The average Bonchev–Trinajstić information content (AvgIpc) is 2.95. The van der Waals surface area contributed by atoms with E-state index in [1.54, 1.807) is 11.8 Å². The molecule has 1 N–H and O–H groups in total. The first kappa shape index (κ1) is 20.4. The third kappa shape index (κ3) is 5.34. The second-order valence-electron chi connectivity index (χ2n) is 7.11. The molecule has 1 aliphatic rings. The highest BCUT2D eigenvalue weighted by molar-refractivity contribution is 8.00. The van der Waals surface area contributed by atoms with E-state index in [0.29, 0.717) is 44.8 Å². The summed E-state index contributed by atoms with van der Waals surface area (Å²) >= 11 is 1.57. The molecule has 2 aromatic rings. The number of nitrogens with zero attached hydrogens (tertiary/aromatic N) is 4. The molecule has 0 fully saturated rings. The highest BCUT2D eigenvalue weighted by Gasteiger charge is 2.21. The fourth-order valence-electron chi connectivity index (χ4n) is 3.07. The summed E-state index contributed by atoms with van der Waals surface area (Å²) < 4.78 is 2.10. The van der Waals surface area contributed by atoms with Crippen LogP contribution in [-0.2, 0) is 29.0 Å². The molecular formula is C20H27N5O2S. The van der Waals surface area contributed by atoms with E-state index in [9.17, 15) is 9.59 Å². The first-order chi connectivity index (χ1) is 13.5. The van der Waals surface area contributed by atoms with Crippen molar-refractivity contribution >= 4 is 23.6 Å². The molecule has 1 aromatic carbocycles. The van der Waals surface area contributed by atoms with Gasteiger partial charge in [-0.3, -0.25) is 9.59 Å². The number of thioether (sulfide) groups is 1. The highest BCUT2D eigenvalue weighted by Crippen LogP contribution is 2.18. The SMILES string of the molecule is CC(C)C(=O)NCCc1nnc2n1CCN(C(=O)CSc1ccccc1)CC2. The third-order valence-electron chi connectivity index (χ3n) is 4.73. The number of hydrogen-bond donors (Lipinski definition) is 1. The second-order valence-corrected chi connectivity index (χ2v) is 8.16. The molecule has 0 aliphatic carbocycles. The fourth-order valence-corrected chi connectivity index (χ4v) is 3.89. The van der Waals surface area contributed by atoms with E-state index >= 15 is 0 Å². The Hall–Kier alpha value is -2.35. The summed E-state index contributed by atoms with van der Waals surface area (Å²) in [6.07, 6.45) is 1.34. The van der Waals surface area contributed by atoms with E-state index in [0.717, 1.165) is 16.5 Å². The molecule has 2 amide bonds. The number of rotatable bonds is 7. The van der Waals surface area contributed by atoms with Gasteiger partial charge in [0.1, 0.15) is 11.6 Å². The molecule has 150 valence electrons. The van der Waals surface area contributed by atoms with Crippen molar-refractivity contribution in [2.45, 2.75) is 38.1 Å². The van der Waals surface area contributed by atoms with Crippen LogP contribution in [0.25, 0.3) is 0 Å². The number of aromatic nitrogens is 3. The van der Waals surface area contributed by atoms with Gasteiger partial charge in [0.2, 0.25) is 11.8 Å². The summed E-state index contributed by atoms with van der Waals surface area (Å²) in [6, 6.07) is 9.98. The Morgan fingerprint density at radius 2 is 1.93 bits per heavy atom. The Kier molecular flexibility index (Phi) is 7.08. The number of fused-ring (bicyclic) bond motifs is 1. The molecule has 7 nitrogen and oxygen atoms in total. The Morgan fingerprint density at radius 1 is 1.14 bits per heavy atom. The number of carbonyl (C=O) groups is 2. The topological polar surface area (TPSA) is 80.1 Å². The smallest absolute Gasteiger partial charge is 0.233 e. The van der Waals surface area contributed by atoms with Crippen LogP contribution in [0.15, 0.2) is 35.2 Å². The maximum absolute atomic E-state index is 12.6. The summed E-state index contributed by atoms with van der Waals surface area (Å²) in [5, 5.41) is 11.5. The summed E-state index contributed by atoms with van der Waals surface area (Å²) in [6.45, 7) is 6.31. The lowest BCUT2D eigenvalue weighted by atomic mass is 10.2. The molecule has 0 atom stereocenters. The van der Waals surface area contributed by atoms with Crippen molar-refractivity contribution in [3.63, 3.8) is 0 Å². The van der Waals surface area contributed by atoms with Crippen LogP contribution < -0.4 is 5.32 Å². The lowest BCUT2D eigenvalue weighted by Gasteiger charge is -2.20. The quantitative estimate of drug-likeness (QED) is 0.715. The van der Waals surface area contributed by atoms with Crippen molar-refractivity contribution in [1.29, 1.82) is 0 Å². The summed E-state index contributed by atoms with van der Waals surface area (Å²) in [4.78, 5) is 27.3. The van der Waals surface area contributed by atoms with Crippen LogP contribution >= 0.6 is 11.8 Å². The maximum Gasteiger partial charge on any atom is 0.233 e. The van der Waals surface area contributed by atoms with Gasteiger partial charge >= 0.3 is 0 Å². The number of benzene rings is 1. The molecule has 0 radical (unpaired) electrons. The number of nitrogens with one attached hydrogen (secondary N) is 1. The van der Waals surface area contributed by atoms with Crippen molar-refractivity contribution in [2.75, 3.05) is 25.4 Å². The standard InChI is InChI=1S/C20H27N5O2S/c1-15(2)20(27)21-10-8-17-22-23-18-9-11-24(12-13-25(17)18)19(26)14-28-16-6-4-3-5-7-16/h3-7,15H,8-14H2,1-2H3,(H,21,27). The minimum absolute atomic E-state index is 0.0242. The van der Waals surface area contributed by atoms with E-state index < -0.39 is 0 Å². The fraction of sp³-hybridized carbons (Fsp3) is 0.500. The molecule has 8 heteroatoms. The van der Waals surface area contributed by atoms with Crippen LogP contribution in [0.5, 0.6) is 0 Å². The first-order valence-electron chi connectivity index (χ1n) is 9.69. The Morgan fingerprint density at radius 3 is 2.68 bits per heavy atom. The monoisotopic (exact) mass is 401 g/mol. The number of amides is 2. The van der Waals surface area contributed by atoms with Gasteiger partial charge in [-0.15, -0.1) is 22.0 Å². The third-order valence-corrected chi connectivity index (χ3v) is 5.73. The lowest BCUT2D eigenvalue weighted by molar-refractivity contribution is -0.128. The van der Waals surface area contributed by atoms with Gasteiger partial charge in [-0.1, -0.05) is 32.0 Å². The van der Waals surface area contributed by atoms with Gasteiger partial charge in [0.25, 0.3) is 0 Å². The van der Waals surface area contributed by atoms with Crippen LogP contribution in [0.1, 0.15) is 25.5 Å². The molecule has 1 aromatic heterocycles. The van der Waals surface area contributed by atoms with Crippen LogP contribution in [0.4, 0.5) is 0 Å². The van der Waals surface area contributed by atoms with E-state index in [1.165, 1.54) is 0 Å². The maximum atomic E-state index is 12.6. The Bertz CT molecular complexity index is 806. The van der Waals surface area contributed by atoms with Gasteiger partial charge in [0.05, 0.1) is 5.75 Å². The van der Waals surface area contributed by atoms with Gasteiger partial charge < -0.3 is 14.8 Å². The van der Waals surface area contributed by atoms with Crippen LogP contribution in [-0.4, -0.2) is 56.9 Å². The molecule has 0 unspecified atom stereocenters. The predicted molar refractivity (Wildman–Crippen MR) is 109 cm³/mol. The molecule has 3 rings (SSSR count). The molecule has 0 saturated heterocycles. The normalized spacial score (nSPS) is 13.9. The Balaban J connectivity index is 1.51. The van der Waals surface area contributed by atoms with Crippen LogP contribution in [0.3, 0.4) is 0 Å². The van der Waals surface area contributed by atoms with E-state index in [2.05, 4.69) is 20.1 Å². The van der Waals surface area contributed by atoms with Gasteiger partial charge in [-0.25, -0.2) is 0 Å². The molecule has 2 heterocycles. The Labute approximate surface area is 169 Å². The summed E-state index contributed by atoms with van der Waals surface area (Å²) in [7, 11) is 0. The minimum atomic E-state index is -0.0242. The zero-order valence-corrected chi connectivity index (χ0v) is 17.2. The second kappa shape index (κ2) is 9.73. The average molecular weight is 402 g/mol. The zero-order chi connectivity index (χ0) is 19.9. The molecule has 0 bridgehead atoms. The predicted octanol–water partition coefficient (Wildman–Crippen LogP) is 1.77. The van der Waals surface area contributed by atoms with Gasteiger partial charge in [-0.2, -0.15) is 0 Å². The van der Waals surface area contributed by atoms with E-state index in [4.69, 9.17) is 0 Å². The number of carbonyl (C=O) groups excluding carboxylic acids is 2. The largest absolute Gasteiger partial charge is 0.355 e. The van der Waals surface area contributed by atoms with Crippen LogP contribution in [0.2, 0.25) is 0 Å². The zero-order valence-electron chi connectivity index (χ0n) is 16.4. The van der Waals surface area contributed by atoms with Gasteiger partial charge in [0.15, 0.2) is 0 Å². The van der Waals surface area contributed by atoms with Crippen molar-refractivity contribution in [3.8, 4) is 0 Å². The van der Waals surface area contributed by atoms with Crippen molar-refractivity contribution < 1.29 is 9.59 Å². The summed E-state index contributed by atoms with van der Waals surface area (Å²) in [5.41, 5.74) is 0. The van der Waals surface area contributed by atoms with Gasteiger partial charge in [0, 0.05) is 49.8 Å². The van der Waals surface area contributed by atoms with Crippen molar-refractivity contribution in [1.82, 2.24) is 25.0 Å². The molecular weight excluding hydrogens is 374 g/mol. The van der Waals surface area contributed by atoms with Gasteiger partial charge in [-0.05, 0) is 12.1 Å². The van der Waals surface area contributed by atoms with Crippen molar-refractivity contribution in [3.05, 3.63) is 42.0 Å². The lowest BCUT2D eigenvalue weighted by Crippen LogP contribution is -2.35. The molecule has 0 spiro atoms. The van der Waals surface area contributed by atoms with E-state index in [-0.39, 0.29) is 17.7 Å². The molecule has 0 saturated carbocycles. The van der Waals surface area contributed by atoms with E-state index in [1.807, 2.05) is 49.1 Å². The number of hydrogen-bond acceptors (Lipinski definition) is 5. The van der Waals surface area contributed by atoms with Crippen molar-refractivity contribution in [2.24, 2.45) is 5.92 Å². The molecule has 28 heavy (non-hydrogen) atoms. The molecule has 1 aliphatic heterocycles. The highest BCUT2D eigenvalue weighted by atomic mass is 32.2. The first-order valence-corrected chi connectivity index (χ1v) is 10.7.